The molecule has 0 aliphatic rings. The summed E-state index contributed by atoms with van der Waals surface area (Å²) in [7, 11) is 1.26. The lowest BCUT2D eigenvalue weighted by Gasteiger charge is -2.28. The molecule has 0 saturated carbocycles. The standard InChI is InChI=1S/C26H24O2P.BrH/c1-27-21-18-22(28-2)20-26(19-21)29(23-12-6-3-7-13-23,24-14-8-4-9-15-24)25-16-10-5-11-17-25;/h3-20H,1-2H3;1H/q+1;. The second-order valence-corrected chi connectivity index (χ2v) is 10.2. The average Bonchev–Trinajstić information content (AvgIpc) is 2.81. The first kappa shape index (κ1) is 22.1. The molecule has 0 aromatic heterocycles. The summed E-state index contributed by atoms with van der Waals surface area (Å²) in [5.41, 5.74) is 0. The van der Waals surface area contributed by atoms with Crippen LogP contribution in [0.2, 0.25) is 0 Å². The van der Waals surface area contributed by atoms with Crippen LogP contribution in [0.15, 0.2) is 109 Å². The molecule has 2 nitrogen and oxygen atoms in total. The Kier molecular flexibility index (Phi) is 7.31. The third-order valence-corrected chi connectivity index (χ3v) is 9.40. The number of rotatable bonds is 6. The van der Waals surface area contributed by atoms with Gasteiger partial charge < -0.3 is 9.47 Å². The van der Waals surface area contributed by atoms with Crippen molar-refractivity contribution >= 4 is 45.5 Å². The van der Waals surface area contributed by atoms with Gasteiger partial charge in [-0.25, -0.2) is 0 Å². The summed E-state index contributed by atoms with van der Waals surface area (Å²) in [5, 5.41) is 5.10. The van der Waals surface area contributed by atoms with Crippen molar-refractivity contribution in [3.05, 3.63) is 109 Å². The molecule has 4 heteroatoms. The maximum absolute atomic E-state index is 5.64. The van der Waals surface area contributed by atoms with E-state index in [0.29, 0.717) is 0 Å². The molecule has 0 unspecified atom stereocenters. The first-order valence-corrected chi connectivity index (χ1v) is 11.4. The van der Waals surface area contributed by atoms with Gasteiger partial charge in [0.1, 0.15) is 40.0 Å². The van der Waals surface area contributed by atoms with Crippen molar-refractivity contribution in [1.29, 1.82) is 0 Å². The maximum Gasteiger partial charge on any atom is 0.144 e. The fourth-order valence-electron chi connectivity index (χ4n) is 3.84. The Hall–Kier alpha value is -2.61. The van der Waals surface area contributed by atoms with E-state index in [1.807, 2.05) is 6.07 Å². The highest BCUT2D eigenvalue weighted by Gasteiger charge is 2.48. The second-order valence-electron chi connectivity index (χ2n) is 6.75. The number of hydrogen-bond acceptors (Lipinski definition) is 2. The molecule has 0 aliphatic heterocycles. The van der Waals surface area contributed by atoms with Crippen LogP contribution < -0.4 is 30.7 Å². The Labute approximate surface area is 189 Å². The Morgan fingerprint density at radius 1 is 0.467 bits per heavy atom. The van der Waals surface area contributed by atoms with Crippen LogP contribution in [0.5, 0.6) is 11.5 Å². The molecule has 152 valence electrons. The Balaban J connectivity index is 0.00000256. The summed E-state index contributed by atoms with van der Waals surface area (Å²) in [5.74, 6) is 1.60. The van der Waals surface area contributed by atoms with Gasteiger partial charge in [0.25, 0.3) is 0 Å². The fraction of sp³-hybridized carbons (Fsp3) is 0.0769. The number of ether oxygens (including phenoxy) is 2. The zero-order chi connectivity index (χ0) is 20.1. The lowest BCUT2D eigenvalue weighted by atomic mass is 10.3. The Bertz CT molecular complexity index is 951. The van der Waals surface area contributed by atoms with Crippen LogP contribution in [-0.2, 0) is 0 Å². The molecular weight excluding hydrogens is 455 g/mol. The van der Waals surface area contributed by atoms with Gasteiger partial charge in [-0.2, -0.15) is 0 Å². The van der Waals surface area contributed by atoms with E-state index in [4.69, 9.17) is 9.47 Å². The van der Waals surface area contributed by atoms with Gasteiger partial charge in [-0.05, 0) is 36.4 Å². The average molecular weight is 480 g/mol. The van der Waals surface area contributed by atoms with E-state index in [1.54, 1.807) is 14.2 Å². The van der Waals surface area contributed by atoms with E-state index in [9.17, 15) is 0 Å². The highest BCUT2D eigenvalue weighted by molar-refractivity contribution is 8.93. The van der Waals surface area contributed by atoms with Gasteiger partial charge in [0.05, 0.1) is 14.2 Å². The minimum Gasteiger partial charge on any atom is -0.496 e. The zero-order valence-corrected chi connectivity index (χ0v) is 19.7. The summed E-state index contributed by atoms with van der Waals surface area (Å²) in [4.78, 5) is 0. The van der Waals surface area contributed by atoms with E-state index in [0.717, 1.165) is 11.5 Å². The van der Waals surface area contributed by atoms with Crippen LogP contribution in [0.25, 0.3) is 0 Å². The van der Waals surface area contributed by atoms with E-state index < -0.39 is 7.26 Å². The van der Waals surface area contributed by atoms with Crippen molar-refractivity contribution in [1.82, 2.24) is 0 Å². The molecule has 0 N–H and O–H groups in total. The van der Waals surface area contributed by atoms with Gasteiger partial charge in [0, 0.05) is 18.2 Å². The number of benzene rings is 4. The normalized spacial score (nSPS) is 10.7. The third kappa shape index (κ3) is 4.01. The minimum absolute atomic E-state index is 0. The predicted octanol–water partition coefficient (Wildman–Crippen LogP) is 4.90. The first-order chi connectivity index (χ1) is 14.3. The summed E-state index contributed by atoms with van der Waals surface area (Å²) >= 11 is 0. The van der Waals surface area contributed by atoms with Crippen molar-refractivity contribution < 1.29 is 9.47 Å². The highest BCUT2D eigenvalue weighted by atomic mass is 79.9. The van der Waals surface area contributed by atoms with Gasteiger partial charge in [0.2, 0.25) is 0 Å². The zero-order valence-electron chi connectivity index (χ0n) is 17.1. The SMILES string of the molecule is Br.COc1cc(OC)cc([P+](c2ccccc2)(c2ccccc2)c2ccccc2)c1. The number of halogens is 1. The van der Waals surface area contributed by atoms with E-state index in [-0.39, 0.29) is 17.0 Å². The van der Waals surface area contributed by atoms with Crippen LogP contribution in [0.3, 0.4) is 0 Å². The summed E-state index contributed by atoms with van der Waals surface area (Å²) < 4.78 is 11.3. The summed E-state index contributed by atoms with van der Waals surface area (Å²) in [6, 6.07) is 38.6. The van der Waals surface area contributed by atoms with E-state index in [1.165, 1.54) is 21.2 Å². The predicted molar refractivity (Wildman–Crippen MR) is 135 cm³/mol. The molecule has 4 aromatic carbocycles. The molecule has 0 saturated heterocycles. The van der Waals surface area contributed by atoms with Gasteiger partial charge in [0.15, 0.2) is 0 Å². The Morgan fingerprint density at radius 3 is 1.10 bits per heavy atom. The molecule has 0 heterocycles. The van der Waals surface area contributed by atoms with Gasteiger partial charge in [-0.1, -0.05) is 54.6 Å². The molecular formula is C26H25BrO2P+. The lowest BCUT2D eigenvalue weighted by Crippen LogP contribution is -2.38. The molecule has 0 fully saturated rings. The van der Waals surface area contributed by atoms with Crippen LogP contribution >= 0.6 is 24.2 Å². The third-order valence-electron chi connectivity index (χ3n) is 5.15. The molecule has 0 aliphatic carbocycles. The molecule has 0 amide bonds. The van der Waals surface area contributed by atoms with Crippen LogP contribution in [0.4, 0.5) is 0 Å². The van der Waals surface area contributed by atoms with Crippen LogP contribution in [0.1, 0.15) is 0 Å². The van der Waals surface area contributed by atoms with E-state index >= 15 is 0 Å². The molecule has 30 heavy (non-hydrogen) atoms. The van der Waals surface area contributed by atoms with Crippen molar-refractivity contribution in [2.24, 2.45) is 0 Å². The molecule has 0 bridgehead atoms. The van der Waals surface area contributed by atoms with Gasteiger partial charge in [-0.3, -0.25) is 0 Å². The van der Waals surface area contributed by atoms with Gasteiger partial charge in [-0.15, -0.1) is 17.0 Å². The summed E-state index contributed by atoms with van der Waals surface area (Å²) in [6.07, 6.45) is 0. The topological polar surface area (TPSA) is 18.5 Å². The second kappa shape index (κ2) is 9.93. The number of hydrogen-bond donors (Lipinski definition) is 0. The molecule has 0 spiro atoms. The van der Waals surface area contributed by atoms with E-state index in [2.05, 4.69) is 103 Å². The molecule has 0 atom stereocenters. The monoisotopic (exact) mass is 479 g/mol. The smallest absolute Gasteiger partial charge is 0.144 e. The van der Waals surface area contributed by atoms with Crippen LogP contribution in [0, 0.1) is 0 Å². The molecule has 0 radical (unpaired) electrons. The van der Waals surface area contributed by atoms with Crippen molar-refractivity contribution in [3.63, 3.8) is 0 Å². The van der Waals surface area contributed by atoms with Gasteiger partial charge >= 0.3 is 0 Å². The molecule has 4 aromatic rings. The summed E-state index contributed by atoms with van der Waals surface area (Å²) in [6.45, 7) is 0. The first-order valence-electron chi connectivity index (χ1n) is 9.58. The minimum atomic E-state index is -2.15. The largest absolute Gasteiger partial charge is 0.496 e. The highest BCUT2D eigenvalue weighted by Crippen LogP contribution is 2.55. The number of methoxy groups -OCH3 is 2. The maximum atomic E-state index is 5.64. The lowest BCUT2D eigenvalue weighted by molar-refractivity contribution is 0.395. The van der Waals surface area contributed by atoms with Crippen molar-refractivity contribution in [3.8, 4) is 11.5 Å². The quantitative estimate of drug-likeness (QED) is 0.366. The molecule has 4 rings (SSSR count). The van der Waals surface area contributed by atoms with Crippen molar-refractivity contribution in [2.45, 2.75) is 0 Å². The van der Waals surface area contributed by atoms with Crippen molar-refractivity contribution in [2.75, 3.05) is 14.2 Å². The fourth-order valence-corrected chi connectivity index (χ4v) is 8.12. The Morgan fingerprint density at radius 2 is 0.800 bits per heavy atom. The van der Waals surface area contributed by atoms with Crippen LogP contribution in [-0.4, -0.2) is 14.2 Å².